The first-order chi connectivity index (χ1) is 16.7. The van der Waals surface area contributed by atoms with Crippen LogP contribution in [0.2, 0.25) is 10.2 Å². The fraction of sp³-hybridized carbons (Fsp3) is 0.545. The van der Waals surface area contributed by atoms with Crippen molar-refractivity contribution in [1.29, 1.82) is 0 Å². The van der Waals surface area contributed by atoms with Crippen molar-refractivity contribution in [2.45, 2.75) is 38.1 Å². The van der Waals surface area contributed by atoms with Gasteiger partial charge in [0, 0.05) is 43.5 Å². The minimum Gasteiger partial charge on any atom is -0.381 e. The van der Waals surface area contributed by atoms with E-state index in [0.717, 1.165) is 38.9 Å². The Kier molecular flexibility index (Phi) is 8.43. The summed E-state index contributed by atoms with van der Waals surface area (Å²) in [6.07, 6.45) is 7.71. The molecule has 1 saturated carbocycles. The van der Waals surface area contributed by atoms with E-state index in [4.69, 9.17) is 27.9 Å². The molecule has 4 rings (SSSR count). The maximum Gasteiger partial charge on any atom is 0.228 e. The molecule has 10 nitrogen and oxygen atoms in total. The van der Waals surface area contributed by atoms with Crippen LogP contribution in [0, 0.1) is 11.8 Å². The number of ether oxygens (including phenoxy) is 1. The average molecular weight is 543 g/mol. The summed E-state index contributed by atoms with van der Waals surface area (Å²) in [4.78, 5) is 25.8. The Morgan fingerprint density at radius 3 is 2.63 bits per heavy atom. The van der Waals surface area contributed by atoms with E-state index < -0.39 is 10.0 Å². The first kappa shape index (κ1) is 26.0. The molecule has 0 unspecified atom stereocenters. The Labute approximate surface area is 214 Å². The van der Waals surface area contributed by atoms with Gasteiger partial charge in [-0.05, 0) is 44.1 Å². The van der Waals surface area contributed by atoms with Gasteiger partial charge in [0.2, 0.25) is 15.9 Å². The predicted octanol–water partition coefficient (Wildman–Crippen LogP) is 3.34. The number of halogens is 2. The molecule has 190 valence electrons. The molecule has 2 aromatic heterocycles. The maximum absolute atomic E-state index is 12.8. The minimum atomic E-state index is -3.32. The molecule has 1 aliphatic heterocycles. The van der Waals surface area contributed by atoms with E-state index in [9.17, 15) is 13.2 Å². The topological polar surface area (TPSA) is 135 Å². The second-order valence-corrected chi connectivity index (χ2v) is 11.5. The van der Waals surface area contributed by atoms with Crippen LogP contribution in [0.25, 0.3) is 11.3 Å². The van der Waals surface area contributed by atoms with Crippen molar-refractivity contribution in [3.8, 4) is 11.3 Å². The summed E-state index contributed by atoms with van der Waals surface area (Å²) in [5.41, 5.74) is 0.872. The van der Waals surface area contributed by atoms with E-state index in [1.54, 1.807) is 12.3 Å². The fourth-order valence-corrected chi connectivity index (χ4v) is 5.58. The highest BCUT2D eigenvalue weighted by Crippen LogP contribution is 2.33. The number of carbonyl (C=O) groups is 1. The lowest BCUT2D eigenvalue weighted by Crippen LogP contribution is -2.32. The van der Waals surface area contributed by atoms with Gasteiger partial charge in [0.15, 0.2) is 5.15 Å². The largest absolute Gasteiger partial charge is 0.381 e. The van der Waals surface area contributed by atoms with Crippen molar-refractivity contribution in [3.63, 3.8) is 0 Å². The van der Waals surface area contributed by atoms with Crippen molar-refractivity contribution in [3.05, 3.63) is 28.6 Å². The lowest BCUT2D eigenvalue weighted by Gasteiger charge is -2.22. The number of sulfonamides is 1. The lowest BCUT2D eigenvalue weighted by atomic mass is 10.0. The van der Waals surface area contributed by atoms with E-state index in [1.807, 2.05) is 0 Å². The van der Waals surface area contributed by atoms with Gasteiger partial charge in [-0.15, -0.1) is 0 Å². The Bertz CT molecular complexity index is 1180. The molecule has 1 amide bonds. The van der Waals surface area contributed by atoms with E-state index in [2.05, 4.69) is 30.3 Å². The summed E-state index contributed by atoms with van der Waals surface area (Å²) in [6.45, 7) is 2.28. The van der Waals surface area contributed by atoms with Crippen molar-refractivity contribution >= 4 is 50.8 Å². The molecule has 0 aromatic carbocycles. The number of hydrogen-bond donors (Lipinski definition) is 3. The number of carbonyl (C=O) groups excluding carboxylic acids is 1. The third-order valence-electron chi connectivity index (χ3n) is 6.19. The molecule has 1 aliphatic carbocycles. The molecule has 0 bridgehead atoms. The normalized spacial score (nSPS) is 21.1. The fourth-order valence-electron chi connectivity index (χ4n) is 4.38. The molecule has 2 aromatic rings. The van der Waals surface area contributed by atoms with E-state index in [1.165, 1.54) is 6.20 Å². The highest BCUT2D eigenvalue weighted by Gasteiger charge is 2.31. The minimum absolute atomic E-state index is 0.178. The number of hydrogen-bond acceptors (Lipinski definition) is 8. The summed E-state index contributed by atoms with van der Waals surface area (Å²) in [5.74, 6) is 0.819. The molecule has 2 fully saturated rings. The number of nitrogens with one attached hydrogen (secondary N) is 3. The molecular formula is C22H28Cl2N6O4S. The highest BCUT2D eigenvalue weighted by molar-refractivity contribution is 7.88. The van der Waals surface area contributed by atoms with Crippen molar-refractivity contribution in [2.24, 2.45) is 11.8 Å². The molecule has 3 N–H and O–H groups in total. The summed E-state index contributed by atoms with van der Waals surface area (Å²) in [7, 11) is -3.32. The second kappa shape index (κ2) is 11.3. The number of aromatic nitrogens is 3. The number of pyridine rings is 1. The zero-order valence-electron chi connectivity index (χ0n) is 19.3. The van der Waals surface area contributed by atoms with Gasteiger partial charge in [0.1, 0.15) is 17.3 Å². The van der Waals surface area contributed by atoms with Crippen LogP contribution in [0.5, 0.6) is 0 Å². The molecule has 35 heavy (non-hydrogen) atoms. The van der Waals surface area contributed by atoms with Crippen molar-refractivity contribution in [2.75, 3.05) is 36.6 Å². The quantitative estimate of drug-likeness (QED) is 0.462. The molecule has 0 radical (unpaired) electrons. The maximum atomic E-state index is 12.8. The third kappa shape index (κ3) is 7.23. The Hall–Kier alpha value is -2.05. The van der Waals surface area contributed by atoms with Gasteiger partial charge in [-0.2, -0.15) is 0 Å². The Morgan fingerprint density at radius 1 is 1.11 bits per heavy atom. The molecule has 13 heteroatoms. The number of amides is 1. The van der Waals surface area contributed by atoms with Gasteiger partial charge in [-0.3, -0.25) is 4.79 Å². The van der Waals surface area contributed by atoms with E-state index in [-0.39, 0.29) is 23.0 Å². The second-order valence-electron chi connectivity index (χ2n) is 8.97. The van der Waals surface area contributed by atoms with Gasteiger partial charge < -0.3 is 15.4 Å². The van der Waals surface area contributed by atoms with Crippen LogP contribution in [0.3, 0.4) is 0 Å². The SMILES string of the molecule is CS(=O)(=O)N[C@H]1CC[C@@H](C(=O)Nc2cc(-c3nc(NCC4CCOCC4)cnc3Cl)c(Cl)cn2)C1. The van der Waals surface area contributed by atoms with Crippen LogP contribution in [0.4, 0.5) is 11.6 Å². The predicted molar refractivity (Wildman–Crippen MR) is 135 cm³/mol. The highest BCUT2D eigenvalue weighted by atomic mass is 35.5. The van der Waals surface area contributed by atoms with Crippen LogP contribution < -0.4 is 15.4 Å². The van der Waals surface area contributed by atoms with Crippen LogP contribution in [0.1, 0.15) is 32.1 Å². The molecule has 2 atom stereocenters. The van der Waals surface area contributed by atoms with Gasteiger partial charge in [-0.1, -0.05) is 23.2 Å². The Balaban J connectivity index is 1.45. The van der Waals surface area contributed by atoms with E-state index >= 15 is 0 Å². The van der Waals surface area contributed by atoms with Crippen LogP contribution >= 0.6 is 23.2 Å². The average Bonchev–Trinajstić information content (AvgIpc) is 3.27. The zero-order chi connectivity index (χ0) is 25.0. The molecule has 0 spiro atoms. The monoisotopic (exact) mass is 542 g/mol. The van der Waals surface area contributed by atoms with Gasteiger partial charge in [-0.25, -0.2) is 28.1 Å². The smallest absolute Gasteiger partial charge is 0.228 e. The molecular weight excluding hydrogens is 515 g/mol. The number of nitrogens with zero attached hydrogens (tertiary/aromatic N) is 3. The van der Waals surface area contributed by atoms with Crippen molar-refractivity contribution < 1.29 is 17.9 Å². The number of rotatable bonds is 8. The molecule has 1 saturated heterocycles. The first-order valence-corrected chi connectivity index (χ1v) is 14.1. The Morgan fingerprint density at radius 2 is 1.89 bits per heavy atom. The zero-order valence-corrected chi connectivity index (χ0v) is 21.6. The van der Waals surface area contributed by atoms with Gasteiger partial charge in [0.05, 0.1) is 17.5 Å². The van der Waals surface area contributed by atoms with Crippen molar-refractivity contribution in [1.82, 2.24) is 19.7 Å². The molecule has 3 heterocycles. The third-order valence-corrected chi connectivity index (χ3v) is 7.53. The van der Waals surface area contributed by atoms with Gasteiger partial charge in [0.25, 0.3) is 0 Å². The summed E-state index contributed by atoms with van der Waals surface area (Å²) < 4.78 is 30.9. The number of anilines is 2. The first-order valence-electron chi connectivity index (χ1n) is 11.5. The van der Waals surface area contributed by atoms with Crippen LogP contribution in [-0.4, -0.2) is 61.3 Å². The molecule has 2 aliphatic rings. The van der Waals surface area contributed by atoms with Gasteiger partial charge >= 0.3 is 0 Å². The standard InChI is InChI=1S/C22H28Cl2N6O4S/c1-35(32,33)30-15-3-2-14(8-15)22(31)29-18-9-16(17(23)11-26-18)20-21(24)27-12-19(28-20)25-10-13-4-6-34-7-5-13/h9,11-15,30H,2-8,10H2,1H3,(H,25,28)(H,26,29,31)/t14-,15+/m1/s1. The lowest BCUT2D eigenvalue weighted by molar-refractivity contribution is -0.119. The van der Waals surface area contributed by atoms with Crippen LogP contribution in [-0.2, 0) is 19.6 Å². The summed E-state index contributed by atoms with van der Waals surface area (Å²) in [5, 5.41) is 6.61. The van der Waals surface area contributed by atoms with E-state index in [0.29, 0.717) is 53.1 Å². The summed E-state index contributed by atoms with van der Waals surface area (Å²) >= 11 is 12.7. The van der Waals surface area contributed by atoms with Crippen LogP contribution in [0.15, 0.2) is 18.5 Å². The summed E-state index contributed by atoms with van der Waals surface area (Å²) in [6, 6.07) is 1.36.